The minimum atomic E-state index is -0.215. The molecule has 0 saturated heterocycles. The number of hydrogen-bond acceptors (Lipinski definition) is 3. The zero-order chi connectivity index (χ0) is 12.8. The van der Waals surface area contributed by atoms with E-state index >= 15 is 0 Å². The molecule has 0 aliphatic carbocycles. The minimum Gasteiger partial charge on any atom is -0.352 e. The number of aryl methyl sites for hydroxylation is 1. The van der Waals surface area contributed by atoms with Crippen LogP contribution in [0.2, 0.25) is 0 Å². The zero-order valence-electron chi connectivity index (χ0n) is 10.3. The van der Waals surface area contributed by atoms with E-state index in [0.29, 0.717) is 12.1 Å². The predicted octanol–water partition coefficient (Wildman–Crippen LogP) is 0.243. The number of nitrogens with zero attached hydrogens (tertiary/aromatic N) is 1. The summed E-state index contributed by atoms with van der Waals surface area (Å²) in [6.07, 6.45) is 3.30. The highest BCUT2D eigenvalue weighted by atomic mass is 16.2. The molecule has 1 atom stereocenters. The number of aromatic nitrogens is 1. The van der Waals surface area contributed by atoms with Gasteiger partial charge in [-0.2, -0.15) is 0 Å². The first-order valence-electron chi connectivity index (χ1n) is 5.71. The van der Waals surface area contributed by atoms with Crippen molar-refractivity contribution in [2.24, 2.45) is 12.8 Å². The summed E-state index contributed by atoms with van der Waals surface area (Å²) in [5.74, 6) is -0.215. The second-order valence-electron chi connectivity index (χ2n) is 4.24. The summed E-state index contributed by atoms with van der Waals surface area (Å²) in [6, 6.07) is 3.11. The number of carbonyl (C=O) groups excluding carboxylic acids is 1. The average molecular weight is 237 g/mol. The van der Waals surface area contributed by atoms with Gasteiger partial charge in [0, 0.05) is 37.5 Å². The lowest BCUT2D eigenvalue weighted by Crippen LogP contribution is -2.28. The van der Waals surface area contributed by atoms with E-state index < -0.39 is 0 Å². The lowest BCUT2D eigenvalue weighted by atomic mass is 10.2. The third-order valence-corrected chi connectivity index (χ3v) is 2.49. The lowest BCUT2D eigenvalue weighted by Gasteiger charge is -2.07. The van der Waals surface area contributed by atoms with E-state index in [1.54, 1.807) is 19.3 Å². The van der Waals surface area contributed by atoms with Crippen LogP contribution in [0.1, 0.15) is 30.1 Å². The molecule has 0 bridgehead atoms. The van der Waals surface area contributed by atoms with E-state index in [9.17, 15) is 9.59 Å². The standard InChI is InChI=1S/C12H19N3O2/c1-9(13)4-3-6-14-12(17)10-5-7-15(2)11(16)8-10/h5,7-9H,3-4,6,13H2,1-2H3,(H,14,17). The fraction of sp³-hybridized carbons (Fsp3) is 0.500. The van der Waals surface area contributed by atoms with Crippen LogP contribution in [0.4, 0.5) is 0 Å². The fourth-order valence-electron chi connectivity index (χ4n) is 1.42. The Morgan fingerprint density at radius 3 is 2.88 bits per heavy atom. The van der Waals surface area contributed by atoms with Crippen LogP contribution in [-0.4, -0.2) is 23.1 Å². The Kier molecular flexibility index (Phi) is 4.90. The Morgan fingerprint density at radius 1 is 1.59 bits per heavy atom. The molecular weight excluding hydrogens is 218 g/mol. The van der Waals surface area contributed by atoms with Gasteiger partial charge in [0.15, 0.2) is 0 Å². The van der Waals surface area contributed by atoms with Crippen LogP contribution in [0.3, 0.4) is 0 Å². The number of hydrogen-bond donors (Lipinski definition) is 2. The summed E-state index contributed by atoms with van der Waals surface area (Å²) >= 11 is 0. The molecule has 5 nitrogen and oxygen atoms in total. The van der Waals surface area contributed by atoms with Gasteiger partial charge < -0.3 is 15.6 Å². The summed E-state index contributed by atoms with van der Waals surface area (Å²) in [4.78, 5) is 23.0. The summed E-state index contributed by atoms with van der Waals surface area (Å²) in [7, 11) is 1.65. The highest BCUT2D eigenvalue weighted by molar-refractivity contribution is 5.93. The number of pyridine rings is 1. The van der Waals surface area contributed by atoms with Gasteiger partial charge in [0.25, 0.3) is 11.5 Å². The van der Waals surface area contributed by atoms with Crippen molar-refractivity contribution in [1.29, 1.82) is 0 Å². The van der Waals surface area contributed by atoms with Gasteiger partial charge in [0.2, 0.25) is 0 Å². The predicted molar refractivity (Wildman–Crippen MR) is 66.9 cm³/mol. The second-order valence-corrected chi connectivity index (χ2v) is 4.24. The maximum Gasteiger partial charge on any atom is 0.251 e. The monoisotopic (exact) mass is 237 g/mol. The number of carbonyl (C=O) groups is 1. The van der Waals surface area contributed by atoms with E-state index in [-0.39, 0.29) is 17.5 Å². The molecule has 0 spiro atoms. The molecule has 0 fully saturated rings. The smallest absolute Gasteiger partial charge is 0.251 e. The molecule has 0 aromatic carbocycles. The average Bonchev–Trinajstić information content (AvgIpc) is 2.27. The van der Waals surface area contributed by atoms with Crippen molar-refractivity contribution in [3.05, 3.63) is 34.2 Å². The van der Waals surface area contributed by atoms with E-state index in [2.05, 4.69) is 5.32 Å². The SMILES string of the molecule is CC(N)CCCNC(=O)c1ccn(C)c(=O)c1. The van der Waals surface area contributed by atoms with E-state index in [1.165, 1.54) is 10.6 Å². The quantitative estimate of drug-likeness (QED) is 0.720. The highest BCUT2D eigenvalue weighted by Gasteiger charge is 2.05. The first-order valence-corrected chi connectivity index (χ1v) is 5.71. The van der Waals surface area contributed by atoms with Gasteiger partial charge in [-0.1, -0.05) is 0 Å². The Hall–Kier alpha value is -1.62. The van der Waals surface area contributed by atoms with Crippen LogP contribution < -0.4 is 16.6 Å². The Labute approximate surface area is 101 Å². The Bertz CT molecular complexity index is 438. The first-order chi connectivity index (χ1) is 8.00. The van der Waals surface area contributed by atoms with E-state index in [0.717, 1.165) is 12.8 Å². The van der Waals surface area contributed by atoms with Gasteiger partial charge in [-0.05, 0) is 25.8 Å². The van der Waals surface area contributed by atoms with Crippen molar-refractivity contribution in [3.63, 3.8) is 0 Å². The summed E-state index contributed by atoms with van der Waals surface area (Å²) in [5.41, 5.74) is 5.81. The van der Waals surface area contributed by atoms with Crippen LogP contribution in [0, 0.1) is 0 Å². The molecule has 17 heavy (non-hydrogen) atoms. The van der Waals surface area contributed by atoms with Crippen molar-refractivity contribution < 1.29 is 4.79 Å². The van der Waals surface area contributed by atoms with Crippen LogP contribution in [0.15, 0.2) is 23.1 Å². The second kappa shape index (κ2) is 6.20. The van der Waals surface area contributed by atoms with E-state index in [1.807, 2.05) is 6.92 Å². The lowest BCUT2D eigenvalue weighted by molar-refractivity contribution is 0.0952. The van der Waals surface area contributed by atoms with Crippen molar-refractivity contribution in [3.8, 4) is 0 Å². The first kappa shape index (κ1) is 13.4. The molecule has 1 amide bonds. The molecule has 1 aromatic rings. The van der Waals surface area contributed by atoms with E-state index in [4.69, 9.17) is 5.73 Å². The summed E-state index contributed by atoms with van der Waals surface area (Å²) in [6.45, 7) is 2.51. The molecule has 5 heteroatoms. The van der Waals surface area contributed by atoms with Crippen LogP contribution in [0.5, 0.6) is 0 Å². The van der Waals surface area contributed by atoms with Gasteiger partial charge in [-0.15, -0.1) is 0 Å². The van der Waals surface area contributed by atoms with Gasteiger partial charge in [-0.25, -0.2) is 0 Å². The highest BCUT2D eigenvalue weighted by Crippen LogP contribution is 1.95. The van der Waals surface area contributed by atoms with Crippen molar-refractivity contribution >= 4 is 5.91 Å². The maximum atomic E-state index is 11.7. The molecule has 1 aromatic heterocycles. The maximum absolute atomic E-state index is 11.7. The summed E-state index contributed by atoms with van der Waals surface area (Å²) in [5, 5.41) is 2.76. The van der Waals surface area contributed by atoms with Crippen molar-refractivity contribution in [2.75, 3.05) is 6.54 Å². The number of nitrogens with one attached hydrogen (secondary N) is 1. The van der Waals surface area contributed by atoms with Gasteiger partial charge in [0.1, 0.15) is 0 Å². The van der Waals surface area contributed by atoms with Crippen molar-refractivity contribution in [2.45, 2.75) is 25.8 Å². The molecule has 0 radical (unpaired) electrons. The third kappa shape index (κ3) is 4.40. The van der Waals surface area contributed by atoms with Gasteiger partial charge >= 0.3 is 0 Å². The Morgan fingerprint density at radius 2 is 2.29 bits per heavy atom. The third-order valence-electron chi connectivity index (χ3n) is 2.49. The molecule has 0 saturated carbocycles. The fourth-order valence-corrected chi connectivity index (χ4v) is 1.42. The van der Waals surface area contributed by atoms with Crippen LogP contribution in [-0.2, 0) is 7.05 Å². The van der Waals surface area contributed by atoms with Crippen LogP contribution >= 0.6 is 0 Å². The molecule has 3 N–H and O–H groups in total. The molecular formula is C12H19N3O2. The molecule has 0 aliphatic heterocycles. The normalized spacial score (nSPS) is 12.2. The topological polar surface area (TPSA) is 77.1 Å². The number of rotatable bonds is 5. The van der Waals surface area contributed by atoms with Crippen LogP contribution in [0.25, 0.3) is 0 Å². The van der Waals surface area contributed by atoms with Gasteiger partial charge in [0.05, 0.1) is 0 Å². The largest absolute Gasteiger partial charge is 0.352 e. The molecule has 0 aliphatic rings. The van der Waals surface area contributed by atoms with Crippen molar-refractivity contribution in [1.82, 2.24) is 9.88 Å². The molecule has 1 unspecified atom stereocenters. The molecule has 94 valence electrons. The molecule has 1 rings (SSSR count). The molecule has 1 heterocycles. The zero-order valence-corrected chi connectivity index (χ0v) is 10.3. The number of amides is 1. The van der Waals surface area contributed by atoms with Gasteiger partial charge in [-0.3, -0.25) is 9.59 Å². The minimum absolute atomic E-state index is 0.149. The summed E-state index contributed by atoms with van der Waals surface area (Å²) < 4.78 is 1.42. The Balaban J connectivity index is 2.47. The number of nitrogens with two attached hydrogens (primary N) is 1.